The molecule has 0 bridgehead atoms. The number of halogens is 1. The maximum Gasteiger partial charge on any atom is 0.257 e. The van der Waals surface area contributed by atoms with E-state index in [4.69, 9.17) is 4.74 Å². The van der Waals surface area contributed by atoms with Gasteiger partial charge < -0.3 is 4.74 Å². The van der Waals surface area contributed by atoms with E-state index in [1.54, 1.807) is 36.4 Å². The average molecular weight is 358 g/mol. The number of fused-ring (bicyclic) bond motifs is 1. The summed E-state index contributed by atoms with van der Waals surface area (Å²) in [5, 5.41) is 3.09. The first-order valence-electron chi connectivity index (χ1n) is 8.26. The van der Waals surface area contributed by atoms with E-state index >= 15 is 0 Å². The number of nitrogens with zero attached hydrogens (tertiary/aromatic N) is 1. The van der Waals surface area contributed by atoms with E-state index in [-0.39, 0.29) is 17.2 Å². The topological polar surface area (TPSA) is 51.2 Å². The van der Waals surface area contributed by atoms with Crippen LogP contribution in [-0.2, 0) is 0 Å². The van der Waals surface area contributed by atoms with Gasteiger partial charge in [-0.15, -0.1) is 0 Å². The van der Waals surface area contributed by atoms with Gasteiger partial charge >= 0.3 is 0 Å². The van der Waals surface area contributed by atoms with Crippen LogP contribution < -0.4 is 10.1 Å². The van der Waals surface area contributed by atoms with Crippen molar-refractivity contribution in [3.8, 4) is 5.75 Å². The number of thiazole rings is 1. The van der Waals surface area contributed by atoms with Crippen LogP contribution in [0.1, 0.15) is 36.5 Å². The summed E-state index contributed by atoms with van der Waals surface area (Å²) in [4.78, 5) is 16.4. The Morgan fingerprint density at radius 1 is 1.20 bits per heavy atom. The molecule has 1 aromatic heterocycles. The summed E-state index contributed by atoms with van der Waals surface area (Å²) in [5.74, 6) is 0.0746. The van der Waals surface area contributed by atoms with Crippen molar-refractivity contribution in [3.63, 3.8) is 0 Å². The second-order valence-corrected chi connectivity index (χ2v) is 6.67. The molecule has 1 N–H and O–H groups in total. The summed E-state index contributed by atoms with van der Waals surface area (Å²) >= 11 is 1.25. The van der Waals surface area contributed by atoms with Gasteiger partial charge in [0.2, 0.25) is 0 Å². The highest BCUT2D eigenvalue weighted by Crippen LogP contribution is 2.27. The highest BCUT2D eigenvalue weighted by Gasteiger charge is 2.12. The summed E-state index contributed by atoms with van der Waals surface area (Å²) in [6.45, 7) is 2.82. The number of hydrogen-bond donors (Lipinski definition) is 1. The number of carbonyl (C=O) groups excluding carboxylic acids is 1. The van der Waals surface area contributed by atoms with Crippen LogP contribution >= 0.6 is 11.3 Å². The van der Waals surface area contributed by atoms with Gasteiger partial charge in [-0.3, -0.25) is 10.1 Å². The molecule has 0 aliphatic carbocycles. The fourth-order valence-electron chi connectivity index (χ4n) is 2.38. The van der Waals surface area contributed by atoms with E-state index in [0.29, 0.717) is 22.0 Å². The molecule has 4 nitrogen and oxygen atoms in total. The summed E-state index contributed by atoms with van der Waals surface area (Å²) in [7, 11) is 0. The minimum absolute atomic E-state index is 0.277. The van der Waals surface area contributed by atoms with Crippen LogP contribution in [0.15, 0.2) is 42.5 Å². The maximum absolute atomic E-state index is 13.7. The number of carbonyl (C=O) groups is 1. The number of aromatic nitrogens is 1. The zero-order valence-electron chi connectivity index (χ0n) is 13.9. The van der Waals surface area contributed by atoms with Gasteiger partial charge in [0, 0.05) is 5.56 Å². The number of anilines is 1. The predicted octanol–water partition coefficient (Wildman–Crippen LogP) is 5.26. The first-order valence-corrected chi connectivity index (χ1v) is 9.08. The van der Waals surface area contributed by atoms with E-state index in [9.17, 15) is 9.18 Å². The van der Waals surface area contributed by atoms with Crippen molar-refractivity contribution in [2.24, 2.45) is 0 Å². The number of benzene rings is 2. The molecule has 0 aliphatic heterocycles. The summed E-state index contributed by atoms with van der Waals surface area (Å²) in [5.41, 5.74) is 0.777. The van der Waals surface area contributed by atoms with Crippen molar-refractivity contribution >= 4 is 32.6 Å². The molecule has 0 saturated heterocycles. The molecule has 25 heavy (non-hydrogen) atoms. The zero-order chi connectivity index (χ0) is 17.6. The van der Waals surface area contributed by atoms with Gasteiger partial charge in [0.15, 0.2) is 5.13 Å². The summed E-state index contributed by atoms with van der Waals surface area (Å²) < 4.78 is 20.0. The lowest BCUT2D eigenvalue weighted by molar-refractivity contribution is 0.102. The van der Waals surface area contributed by atoms with Crippen molar-refractivity contribution in [1.29, 1.82) is 0 Å². The minimum atomic E-state index is -0.390. The first kappa shape index (κ1) is 17.4. The molecule has 0 fully saturated rings. The lowest BCUT2D eigenvalue weighted by Crippen LogP contribution is -2.11. The molecular formula is C19H19FN2O2S. The third-order valence-electron chi connectivity index (χ3n) is 3.72. The zero-order valence-corrected chi connectivity index (χ0v) is 14.7. The van der Waals surface area contributed by atoms with E-state index in [1.807, 2.05) is 0 Å². The Labute approximate surface area is 149 Å². The normalized spacial score (nSPS) is 10.8. The standard InChI is InChI=1S/C19H19FN2O2S/c1-2-3-4-12-24-14-10-8-13(9-11-14)18(23)22-19-21-17-15(20)6-5-7-16(17)25-19/h5-11H,2-4,12H2,1H3,(H,21,22,23). The molecule has 3 aromatic rings. The first-order chi connectivity index (χ1) is 12.2. The van der Waals surface area contributed by atoms with Crippen LogP contribution in [0.5, 0.6) is 5.75 Å². The maximum atomic E-state index is 13.7. The Bertz CT molecular complexity index is 861. The Morgan fingerprint density at radius 2 is 2.00 bits per heavy atom. The largest absolute Gasteiger partial charge is 0.494 e. The summed E-state index contributed by atoms with van der Waals surface area (Å²) in [6.07, 6.45) is 3.31. The van der Waals surface area contributed by atoms with Crippen molar-refractivity contribution in [1.82, 2.24) is 4.98 Å². The molecule has 0 radical (unpaired) electrons. The molecule has 6 heteroatoms. The molecule has 1 heterocycles. The SMILES string of the molecule is CCCCCOc1ccc(C(=O)Nc2nc3c(F)cccc3s2)cc1. The number of ether oxygens (including phenoxy) is 1. The van der Waals surface area contributed by atoms with Gasteiger partial charge in [-0.1, -0.05) is 37.2 Å². The quantitative estimate of drug-likeness (QED) is 0.586. The van der Waals surface area contributed by atoms with Crippen LogP contribution in [0.4, 0.5) is 9.52 Å². The Balaban J connectivity index is 1.63. The van der Waals surface area contributed by atoms with Crippen LogP contribution in [0.2, 0.25) is 0 Å². The molecule has 0 aliphatic rings. The van der Waals surface area contributed by atoms with Gasteiger partial charge in [0.25, 0.3) is 5.91 Å². The van der Waals surface area contributed by atoms with Crippen molar-refractivity contribution in [3.05, 3.63) is 53.8 Å². The molecule has 1 amide bonds. The lowest BCUT2D eigenvalue weighted by atomic mass is 10.2. The highest BCUT2D eigenvalue weighted by molar-refractivity contribution is 7.22. The monoisotopic (exact) mass is 358 g/mol. The van der Waals surface area contributed by atoms with Crippen LogP contribution in [-0.4, -0.2) is 17.5 Å². The number of amides is 1. The second kappa shape index (κ2) is 8.07. The van der Waals surface area contributed by atoms with Crippen molar-refractivity contribution < 1.29 is 13.9 Å². The van der Waals surface area contributed by atoms with Gasteiger partial charge in [0.1, 0.15) is 17.1 Å². The predicted molar refractivity (Wildman–Crippen MR) is 99.0 cm³/mol. The van der Waals surface area contributed by atoms with E-state index in [0.717, 1.165) is 25.0 Å². The minimum Gasteiger partial charge on any atom is -0.494 e. The molecule has 130 valence electrons. The van der Waals surface area contributed by atoms with Gasteiger partial charge in [0.05, 0.1) is 11.3 Å². The summed E-state index contributed by atoms with van der Waals surface area (Å²) in [6, 6.07) is 11.7. The highest BCUT2D eigenvalue weighted by atomic mass is 32.1. The van der Waals surface area contributed by atoms with Crippen LogP contribution in [0, 0.1) is 5.82 Å². The van der Waals surface area contributed by atoms with Crippen LogP contribution in [0.3, 0.4) is 0 Å². The molecule has 0 unspecified atom stereocenters. The number of unbranched alkanes of at least 4 members (excludes halogenated alkanes) is 2. The molecule has 0 saturated carbocycles. The third kappa shape index (κ3) is 4.33. The second-order valence-electron chi connectivity index (χ2n) is 5.64. The molecule has 3 rings (SSSR count). The molecular weight excluding hydrogens is 339 g/mol. The lowest BCUT2D eigenvalue weighted by Gasteiger charge is -2.06. The van der Waals surface area contributed by atoms with Gasteiger partial charge in [-0.05, 0) is 42.8 Å². The van der Waals surface area contributed by atoms with Crippen LogP contribution in [0.25, 0.3) is 10.2 Å². The average Bonchev–Trinajstić information content (AvgIpc) is 3.03. The van der Waals surface area contributed by atoms with E-state index in [2.05, 4.69) is 17.2 Å². The molecule has 2 aromatic carbocycles. The van der Waals surface area contributed by atoms with Gasteiger partial charge in [-0.25, -0.2) is 9.37 Å². The molecule has 0 atom stereocenters. The number of rotatable bonds is 7. The molecule has 0 spiro atoms. The fraction of sp³-hybridized carbons (Fsp3) is 0.263. The third-order valence-corrected chi connectivity index (χ3v) is 4.66. The number of para-hydroxylation sites is 1. The van der Waals surface area contributed by atoms with Crippen molar-refractivity contribution in [2.75, 3.05) is 11.9 Å². The Kier molecular flexibility index (Phi) is 5.60. The smallest absolute Gasteiger partial charge is 0.257 e. The van der Waals surface area contributed by atoms with Gasteiger partial charge in [-0.2, -0.15) is 0 Å². The Morgan fingerprint density at radius 3 is 2.72 bits per heavy atom. The number of nitrogens with one attached hydrogen (secondary N) is 1. The fourth-order valence-corrected chi connectivity index (χ4v) is 3.26. The van der Waals surface area contributed by atoms with Crippen molar-refractivity contribution in [2.45, 2.75) is 26.2 Å². The Hall–Kier alpha value is -2.47. The van der Waals surface area contributed by atoms with E-state index in [1.165, 1.54) is 17.4 Å². The van der Waals surface area contributed by atoms with E-state index < -0.39 is 0 Å². The number of hydrogen-bond acceptors (Lipinski definition) is 4.